The zero-order valence-electron chi connectivity index (χ0n) is 18.4. The summed E-state index contributed by atoms with van der Waals surface area (Å²) in [5.41, 5.74) is -1.43. The van der Waals surface area contributed by atoms with Gasteiger partial charge in [-0.05, 0) is 48.4 Å². The largest absolute Gasteiger partial charge is 0.433 e. The summed E-state index contributed by atoms with van der Waals surface area (Å²) in [5.74, 6) is -3.10. The Morgan fingerprint density at radius 3 is 2.34 bits per heavy atom. The summed E-state index contributed by atoms with van der Waals surface area (Å²) in [6, 6.07) is 10.7. The standard InChI is InChI=1S/C23H20F5N3O3S/c1-13(14-7-9-19(18(25)11-14)31(2)35(33)34)22(32)29-12-15-8-10-20(23(26,27)28)30-21(15)16-5-3-4-6-17(16)24/h3-11,13,35H,12H2,1-2H3,(H,29,32). The molecule has 1 atom stereocenters. The van der Waals surface area contributed by atoms with Gasteiger partial charge in [0.25, 0.3) is 0 Å². The molecular formula is C23H20F5N3O3S. The minimum Gasteiger partial charge on any atom is -0.351 e. The highest BCUT2D eigenvalue weighted by Crippen LogP contribution is 2.32. The van der Waals surface area contributed by atoms with Crippen LogP contribution in [0.25, 0.3) is 11.3 Å². The minimum atomic E-state index is -4.75. The lowest BCUT2D eigenvalue weighted by Gasteiger charge is -2.17. The van der Waals surface area contributed by atoms with Crippen molar-refractivity contribution in [2.45, 2.75) is 25.6 Å². The molecule has 0 saturated heterocycles. The third-order valence-electron chi connectivity index (χ3n) is 5.31. The van der Waals surface area contributed by atoms with Gasteiger partial charge in [-0.3, -0.25) is 9.10 Å². The summed E-state index contributed by atoms with van der Waals surface area (Å²) in [6.07, 6.45) is -4.75. The molecule has 186 valence electrons. The molecule has 0 bridgehead atoms. The molecule has 0 radical (unpaired) electrons. The number of halogens is 5. The highest BCUT2D eigenvalue weighted by atomic mass is 32.2. The van der Waals surface area contributed by atoms with Crippen LogP contribution in [0.3, 0.4) is 0 Å². The maximum atomic E-state index is 14.4. The molecule has 1 heterocycles. The van der Waals surface area contributed by atoms with E-state index < -0.39 is 46.2 Å². The molecule has 3 rings (SSSR count). The first-order valence-corrected chi connectivity index (χ1v) is 11.3. The van der Waals surface area contributed by atoms with Gasteiger partial charge in [-0.15, -0.1) is 0 Å². The van der Waals surface area contributed by atoms with Crippen molar-refractivity contribution < 1.29 is 35.2 Å². The number of aromatic nitrogens is 1. The zero-order chi connectivity index (χ0) is 25.9. The molecule has 2 aromatic carbocycles. The molecular weight excluding hydrogens is 493 g/mol. The molecule has 0 fully saturated rings. The molecule has 1 aromatic heterocycles. The number of amides is 1. The van der Waals surface area contributed by atoms with Crippen LogP contribution in [0.4, 0.5) is 27.6 Å². The fourth-order valence-electron chi connectivity index (χ4n) is 3.30. The van der Waals surface area contributed by atoms with Crippen molar-refractivity contribution in [1.82, 2.24) is 10.3 Å². The van der Waals surface area contributed by atoms with E-state index in [2.05, 4.69) is 10.3 Å². The van der Waals surface area contributed by atoms with E-state index in [0.29, 0.717) is 0 Å². The fraction of sp³-hybridized carbons (Fsp3) is 0.217. The van der Waals surface area contributed by atoms with Gasteiger partial charge in [0.2, 0.25) is 16.8 Å². The summed E-state index contributed by atoms with van der Waals surface area (Å²) >= 11 is 0. The van der Waals surface area contributed by atoms with Gasteiger partial charge in [0.05, 0.1) is 17.3 Å². The smallest absolute Gasteiger partial charge is 0.351 e. The number of alkyl halides is 3. The van der Waals surface area contributed by atoms with Crippen LogP contribution in [0.15, 0.2) is 54.6 Å². The number of benzene rings is 2. The van der Waals surface area contributed by atoms with Crippen LogP contribution in [-0.4, -0.2) is 26.4 Å². The van der Waals surface area contributed by atoms with E-state index in [4.69, 9.17) is 0 Å². The normalized spacial score (nSPS) is 12.5. The first kappa shape index (κ1) is 26.1. The summed E-state index contributed by atoms with van der Waals surface area (Å²) < 4.78 is 91.1. The summed E-state index contributed by atoms with van der Waals surface area (Å²) in [4.78, 5) is 16.3. The van der Waals surface area contributed by atoms with Crippen LogP contribution in [0.5, 0.6) is 0 Å². The highest BCUT2D eigenvalue weighted by molar-refractivity contribution is 7.74. The van der Waals surface area contributed by atoms with E-state index in [9.17, 15) is 35.2 Å². The van der Waals surface area contributed by atoms with Crippen molar-refractivity contribution in [3.63, 3.8) is 0 Å². The van der Waals surface area contributed by atoms with Gasteiger partial charge in [0.15, 0.2) is 0 Å². The van der Waals surface area contributed by atoms with Crippen LogP contribution in [0.2, 0.25) is 0 Å². The zero-order valence-corrected chi connectivity index (χ0v) is 19.3. The van der Waals surface area contributed by atoms with Gasteiger partial charge >= 0.3 is 6.18 Å². The Labute approximate surface area is 199 Å². The molecule has 1 amide bonds. The number of thiol groups is 1. The average molecular weight is 513 g/mol. The van der Waals surface area contributed by atoms with E-state index in [1.165, 1.54) is 44.3 Å². The molecule has 3 aromatic rings. The van der Waals surface area contributed by atoms with Gasteiger partial charge in [-0.1, -0.05) is 24.3 Å². The van der Waals surface area contributed by atoms with Crippen molar-refractivity contribution >= 4 is 22.5 Å². The molecule has 0 spiro atoms. The summed E-state index contributed by atoms with van der Waals surface area (Å²) in [7, 11) is -1.87. The van der Waals surface area contributed by atoms with E-state index in [0.717, 1.165) is 28.6 Å². The van der Waals surface area contributed by atoms with Crippen LogP contribution in [-0.2, 0) is 28.4 Å². The Bertz CT molecular complexity index is 1320. The number of pyridine rings is 1. The maximum Gasteiger partial charge on any atom is 0.433 e. The van der Waals surface area contributed by atoms with Crippen molar-refractivity contribution in [1.29, 1.82) is 0 Å². The molecule has 35 heavy (non-hydrogen) atoms. The van der Waals surface area contributed by atoms with E-state index >= 15 is 0 Å². The summed E-state index contributed by atoms with van der Waals surface area (Å²) in [6.45, 7) is 1.21. The van der Waals surface area contributed by atoms with Crippen LogP contribution >= 0.6 is 0 Å². The summed E-state index contributed by atoms with van der Waals surface area (Å²) in [5, 5.41) is 2.55. The quantitative estimate of drug-likeness (QED) is 0.362. The molecule has 1 unspecified atom stereocenters. The van der Waals surface area contributed by atoms with E-state index in [1.54, 1.807) is 0 Å². The van der Waals surface area contributed by atoms with Crippen LogP contribution < -0.4 is 9.62 Å². The van der Waals surface area contributed by atoms with E-state index in [-0.39, 0.29) is 34.6 Å². The lowest BCUT2D eigenvalue weighted by atomic mass is 9.99. The van der Waals surface area contributed by atoms with Crippen molar-refractivity contribution in [3.05, 3.63) is 83.1 Å². The number of carbonyl (C=O) groups is 1. The predicted molar refractivity (Wildman–Crippen MR) is 120 cm³/mol. The van der Waals surface area contributed by atoms with Gasteiger partial charge in [0, 0.05) is 19.2 Å². The second kappa shape index (κ2) is 10.4. The first-order chi connectivity index (χ1) is 16.4. The number of nitrogens with zero attached hydrogens (tertiary/aromatic N) is 2. The highest BCUT2D eigenvalue weighted by Gasteiger charge is 2.33. The molecule has 0 aliphatic heterocycles. The third-order valence-corrected chi connectivity index (χ3v) is 6.02. The Kier molecular flexibility index (Phi) is 7.73. The number of anilines is 1. The van der Waals surface area contributed by atoms with Gasteiger partial charge in [-0.25, -0.2) is 22.2 Å². The molecule has 6 nitrogen and oxygen atoms in total. The number of nitrogens with one attached hydrogen (secondary N) is 1. The van der Waals surface area contributed by atoms with Crippen molar-refractivity contribution in [2.24, 2.45) is 0 Å². The van der Waals surface area contributed by atoms with Crippen molar-refractivity contribution in [3.8, 4) is 11.3 Å². The average Bonchev–Trinajstić information content (AvgIpc) is 2.81. The predicted octanol–water partition coefficient (Wildman–Crippen LogP) is 4.43. The second-order valence-electron chi connectivity index (χ2n) is 7.59. The molecule has 12 heteroatoms. The van der Waals surface area contributed by atoms with Crippen LogP contribution in [0, 0.1) is 11.6 Å². The topological polar surface area (TPSA) is 79.4 Å². The lowest BCUT2D eigenvalue weighted by Crippen LogP contribution is -2.28. The molecule has 0 saturated carbocycles. The Hall–Kier alpha value is -3.54. The Balaban J connectivity index is 1.84. The molecule has 1 N–H and O–H groups in total. The van der Waals surface area contributed by atoms with Gasteiger partial charge in [0.1, 0.15) is 17.3 Å². The van der Waals surface area contributed by atoms with Gasteiger partial charge in [-0.2, -0.15) is 13.2 Å². The second-order valence-corrected chi connectivity index (χ2v) is 8.67. The van der Waals surface area contributed by atoms with Gasteiger partial charge < -0.3 is 5.32 Å². The third kappa shape index (κ3) is 5.94. The Morgan fingerprint density at radius 1 is 1.06 bits per heavy atom. The monoisotopic (exact) mass is 513 g/mol. The first-order valence-electron chi connectivity index (χ1n) is 10.2. The maximum absolute atomic E-state index is 14.4. The number of hydrogen-bond donors (Lipinski definition) is 2. The number of rotatable bonds is 7. The number of hydrogen-bond acceptors (Lipinski definition) is 4. The van der Waals surface area contributed by atoms with Crippen LogP contribution in [0.1, 0.15) is 29.7 Å². The molecule has 0 aliphatic carbocycles. The Morgan fingerprint density at radius 2 is 1.74 bits per heavy atom. The molecule has 0 aliphatic rings. The number of carbonyl (C=O) groups excluding carboxylic acids is 1. The van der Waals surface area contributed by atoms with Crippen molar-refractivity contribution in [2.75, 3.05) is 11.4 Å². The fourth-order valence-corrected chi connectivity index (χ4v) is 3.64. The lowest BCUT2D eigenvalue weighted by molar-refractivity contribution is -0.141. The minimum absolute atomic E-state index is 0.144. The van der Waals surface area contributed by atoms with E-state index in [1.807, 2.05) is 0 Å². The SMILES string of the molecule is CC(C(=O)NCc1ccc(C(F)(F)F)nc1-c1ccccc1F)c1ccc(N(C)[SH](=O)=O)c(F)c1.